The van der Waals surface area contributed by atoms with Crippen molar-refractivity contribution in [1.29, 1.82) is 0 Å². The fraction of sp³-hybridized carbons (Fsp3) is 0.706. The maximum Gasteiger partial charge on any atom is 0.128 e. The van der Waals surface area contributed by atoms with Crippen molar-refractivity contribution < 1.29 is 0 Å². The van der Waals surface area contributed by atoms with E-state index in [-0.39, 0.29) is 11.6 Å². The summed E-state index contributed by atoms with van der Waals surface area (Å²) in [5.41, 5.74) is 8.81. The molecule has 21 heavy (non-hydrogen) atoms. The fourth-order valence-corrected chi connectivity index (χ4v) is 3.89. The van der Waals surface area contributed by atoms with Crippen LogP contribution in [0.2, 0.25) is 0 Å². The van der Waals surface area contributed by atoms with E-state index in [1.807, 2.05) is 0 Å². The molecule has 1 aromatic heterocycles. The van der Waals surface area contributed by atoms with Crippen LogP contribution in [-0.4, -0.2) is 36.1 Å². The lowest BCUT2D eigenvalue weighted by Gasteiger charge is -2.49. The second kappa shape index (κ2) is 6.75. The van der Waals surface area contributed by atoms with Crippen molar-refractivity contribution in [3.8, 4) is 0 Å². The van der Waals surface area contributed by atoms with Gasteiger partial charge < -0.3 is 16.0 Å². The summed E-state index contributed by atoms with van der Waals surface area (Å²) in [6, 6.07) is 2.31. The van der Waals surface area contributed by atoms with Crippen LogP contribution < -0.4 is 11.1 Å². The predicted octanol–water partition coefficient (Wildman–Crippen LogP) is 2.89. The number of nitrogens with two attached hydrogens (primary N) is 1. The highest BCUT2D eigenvalue weighted by molar-refractivity contribution is 5.47. The highest BCUT2D eigenvalue weighted by Crippen LogP contribution is 2.43. The average Bonchev–Trinajstić information content (AvgIpc) is 2.46. The molecule has 0 aromatic carbocycles. The van der Waals surface area contributed by atoms with Gasteiger partial charge in [0.1, 0.15) is 5.82 Å². The lowest BCUT2D eigenvalue weighted by atomic mass is 9.72. The molecule has 0 aliphatic heterocycles. The van der Waals surface area contributed by atoms with Crippen molar-refractivity contribution >= 4 is 5.82 Å². The van der Waals surface area contributed by atoms with Crippen LogP contribution in [0.25, 0.3) is 0 Å². The first kappa shape index (κ1) is 16.2. The van der Waals surface area contributed by atoms with Crippen molar-refractivity contribution in [2.24, 2.45) is 0 Å². The van der Waals surface area contributed by atoms with Crippen molar-refractivity contribution in [2.75, 3.05) is 26.4 Å². The fourth-order valence-electron chi connectivity index (χ4n) is 3.89. The molecule has 0 saturated heterocycles. The summed E-state index contributed by atoms with van der Waals surface area (Å²) in [6.45, 7) is 5.25. The lowest BCUT2D eigenvalue weighted by molar-refractivity contribution is 0.0569. The summed E-state index contributed by atoms with van der Waals surface area (Å²) in [6.07, 6.45) is 8.16. The number of hydrogen-bond acceptors (Lipinski definition) is 4. The molecule has 3 N–H and O–H groups in total. The first-order valence-corrected chi connectivity index (χ1v) is 8.14. The molecule has 1 atom stereocenters. The molecule has 1 fully saturated rings. The van der Waals surface area contributed by atoms with E-state index in [1.165, 1.54) is 43.2 Å². The molecule has 118 valence electrons. The van der Waals surface area contributed by atoms with E-state index in [0.29, 0.717) is 5.82 Å². The van der Waals surface area contributed by atoms with Crippen molar-refractivity contribution in [2.45, 2.75) is 57.5 Å². The van der Waals surface area contributed by atoms with Crippen LogP contribution in [0.5, 0.6) is 0 Å². The minimum Gasteiger partial charge on any atom is -0.383 e. The Balaban J connectivity index is 2.50. The van der Waals surface area contributed by atoms with Crippen LogP contribution in [0.1, 0.15) is 56.2 Å². The first-order valence-electron chi connectivity index (χ1n) is 8.14. The van der Waals surface area contributed by atoms with Crippen molar-refractivity contribution in [3.05, 3.63) is 23.4 Å². The standard InChI is InChI=1S/C17H30N4/c1-5-19-15(14-13(2)9-12-20-16(14)18)17(21(3)4)10-7-6-8-11-17/h9,12,15,19H,5-8,10-11H2,1-4H3,(H2,18,20). The van der Waals surface area contributed by atoms with Gasteiger partial charge in [-0.15, -0.1) is 0 Å². The van der Waals surface area contributed by atoms with E-state index in [9.17, 15) is 0 Å². The average molecular weight is 290 g/mol. The number of nitrogens with zero attached hydrogens (tertiary/aromatic N) is 2. The quantitative estimate of drug-likeness (QED) is 0.875. The molecule has 1 aliphatic rings. The molecular formula is C17H30N4. The Morgan fingerprint density at radius 1 is 1.33 bits per heavy atom. The van der Waals surface area contributed by atoms with E-state index in [2.05, 4.69) is 49.2 Å². The van der Waals surface area contributed by atoms with Crippen LogP contribution in [0.15, 0.2) is 12.3 Å². The van der Waals surface area contributed by atoms with Crippen LogP contribution in [0.3, 0.4) is 0 Å². The van der Waals surface area contributed by atoms with Crippen LogP contribution in [0, 0.1) is 6.92 Å². The minimum atomic E-state index is 0.135. The summed E-state index contributed by atoms with van der Waals surface area (Å²) >= 11 is 0. The number of hydrogen-bond donors (Lipinski definition) is 2. The summed E-state index contributed by atoms with van der Waals surface area (Å²) in [4.78, 5) is 6.76. The number of nitrogens with one attached hydrogen (secondary N) is 1. The van der Waals surface area contributed by atoms with E-state index in [0.717, 1.165) is 6.54 Å². The van der Waals surface area contributed by atoms with Crippen LogP contribution in [-0.2, 0) is 0 Å². The van der Waals surface area contributed by atoms with Crippen LogP contribution in [0.4, 0.5) is 5.82 Å². The SMILES string of the molecule is CCNC(c1c(C)ccnc1N)C1(N(C)C)CCCCC1. The monoisotopic (exact) mass is 290 g/mol. The highest BCUT2D eigenvalue weighted by Gasteiger charge is 2.43. The molecule has 0 spiro atoms. The summed E-state index contributed by atoms with van der Waals surface area (Å²) < 4.78 is 0. The normalized spacial score (nSPS) is 19.7. The van der Waals surface area contributed by atoms with Gasteiger partial charge in [-0.1, -0.05) is 26.2 Å². The van der Waals surface area contributed by atoms with Crippen molar-refractivity contribution in [3.63, 3.8) is 0 Å². The Hall–Kier alpha value is -1.13. The predicted molar refractivity (Wildman–Crippen MR) is 89.3 cm³/mol. The molecule has 2 rings (SSSR count). The van der Waals surface area contributed by atoms with Crippen LogP contribution >= 0.6 is 0 Å². The Bertz CT molecular complexity index is 444. The third-order valence-corrected chi connectivity index (χ3v) is 5.08. The largest absolute Gasteiger partial charge is 0.383 e. The smallest absolute Gasteiger partial charge is 0.128 e. The van der Waals surface area contributed by atoms with E-state index < -0.39 is 0 Å². The number of nitrogen functional groups attached to an aromatic ring is 1. The zero-order valence-electron chi connectivity index (χ0n) is 13.9. The molecule has 1 aliphatic carbocycles. The molecule has 1 unspecified atom stereocenters. The molecule has 4 nitrogen and oxygen atoms in total. The van der Waals surface area contributed by atoms with Gasteiger partial charge >= 0.3 is 0 Å². The van der Waals surface area contributed by atoms with Gasteiger partial charge in [-0.05, 0) is 52.0 Å². The summed E-state index contributed by atoms with van der Waals surface area (Å²) in [5, 5.41) is 3.71. The number of likely N-dealkylation sites (N-methyl/N-ethyl adjacent to an activating group) is 2. The van der Waals surface area contributed by atoms with Gasteiger partial charge in [-0.3, -0.25) is 0 Å². The number of anilines is 1. The third kappa shape index (κ3) is 3.06. The number of aromatic nitrogens is 1. The molecule has 0 radical (unpaired) electrons. The van der Waals surface area contributed by atoms with E-state index in [4.69, 9.17) is 5.73 Å². The Morgan fingerprint density at radius 3 is 2.52 bits per heavy atom. The Kier molecular flexibility index (Phi) is 5.22. The van der Waals surface area contributed by atoms with Gasteiger partial charge in [0.05, 0.1) is 6.04 Å². The van der Waals surface area contributed by atoms with Gasteiger partial charge in [0.2, 0.25) is 0 Å². The minimum absolute atomic E-state index is 0.135. The number of rotatable bonds is 5. The molecular weight excluding hydrogens is 260 g/mol. The number of pyridine rings is 1. The summed E-state index contributed by atoms with van der Waals surface area (Å²) in [7, 11) is 4.41. The zero-order valence-corrected chi connectivity index (χ0v) is 13.9. The second-order valence-electron chi connectivity index (χ2n) is 6.48. The number of aryl methyl sites for hydroxylation is 1. The van der Waals surface area contributed by atoms with Gasteiger partial charge in [-0.25, -0.2) is 4.98 Å². The zero-order chi connectivity index (χ0) is 15.5. The second-order valence-corrected chi connectivity index (χ2v) is 6.48. The molecule has 0 bridgehead atoms. The lowest BCUT2D eigenvalue weighted by Crippen LogP contribution is -2.55. The topological polar surface area (TPSA) is 54.2 Å². The molecule has 1 aromatic rings. The third-order valence-electron chi connectivity index (χ3n) is 5.08. The molecule has 1 saturated carbocycles. The Labute approximate surface area is 129 Å². The van der Waals surface area contributed by atoms with E-state index in [1.54, 1.807) is 6.20 Å². The highest BCUT2D eigenvalue weighted by atomic mass is 15.2. The van der Waals surface area contributed by atoms with Gasteiger partial charge in [0.15, 0.2) is 0 Å². The molecule has 4 heteroatoms. The molecule has 1 heterocycles. The Morgan fingerprint density at radius 2 is 2.00 bits per heavy atom. The van der Waals surface area contributed by atoms with Gasteiger partial charge in [0.25, 0.3) is 0 Å². The molecule has 0 amide bonds. The van der Waals surface area contributed by atoms with E-state index >= 15 is 0 Å². The van der Waals surface area contributed by atoms with Gasteiger partial charge in [0, 0.05) is 17.3 Å². The first-order chi connectivity index (χ1) is 10.0. The van der Waals surface area contributed by atoms with Crippen molar-refractivity contribution in [1.82, 2.24) is 15.2 Å². The maximum atomic E-state index is 6.25. The maximum absolute atomic E-state index is 6.25. The van der Waals surface area contributed by atoms with Gasteiger partial charge in [-0.2, -0.15) is 0 Å². The summed E-state index contributed by atoms with van der Waals surface area (Å²) in [5.74, 6) is 0.674.